The summed E-state index contributed by atoms with van der Waals surface area (Å²) < 4.78 is 20.8. The van der Waals surface area contributed by atoms with E-state index in [0.29, 0.717) is 81.2 Å². The Balaban J connectivity index is 0.000000193. The monoisotopic (exact) mass is 1250 g/mol. The number of hydrogen-bond donors (Lipinski definition) is 2. The van der Waals surface area contributed by atoms with Gasteiger partial charge in [-0.3, -0.25) is 0 Å². The van der Waals surface area contributed by atoms with Crippen LogP contribution in [-0.4, -0.2) is 71.5 Å². The maximum absolute atomic E-state index is 11.1. The molecule has 0 aliphatic heterocycles. The van der Waals surface area contributed by atoms with Crippen molar-refractivity contribution in [2.45, 2.75) is 193 Å². The molecule has 18 aliphatic rings. The van der Waals surface area contributed by atoms with Gasteiger partial charge < -0.3 is 29.2 Å². The number of carbonyl (C=O) groups is 6. The Bertz CT molecular complexity index is 2770. The number of hydrogen-bond acceptors (Lipinski definition) is 10. The quantitative estimate of drug-likeness (QED) is 0.0818. The van der Waals surface area contributed by atoms with Crippen LogP contribution in [0.2, 0.25) is 0 Å². The molecule has 12 bridgehead atoms. The van der Waals surface area contributed by atoms with Crippen LogP contribution in [0.3, 0.4) is 0 Å². The summed E-state index contributed by atoms with van der Waals surface area (Å²) in [5.41, 5.74) is 11.1. The van der Waals surface area contributed by atoms with Gasteiger partial charge in [0.15, 0.2) is 0 Å². The number of aliphatic carboxylic acids is 2. The number of esters is 4. The SMILES string of the molecule is C=C(C)C(=O)O.C=CC(=O)O.C=CC(=O)OCC1=CCC2CC1C2(C)C.C=CC(=O)OCC1=CCC2CC1C2(C)C.C=CC(=O)O[C@H]1CC2CC(C1=C)C2(C)C.C=CC(=O)O[C@H]1CC2CC(C1=C)C2(C)C.CC1=CCC2CC1C2(C)C.CC1=CCC2CC1C2(C)C. The molecular formula is C79H114O12. The first-order valence-corrected chi connectivity index (χ1v) is 33.3. The van der Waals surface area contributed by atoms with E-state index in [1.807, 2.05) is 0 Å². The summed E-state index contributed by atoms with van der Waals surface area (Å²) in [5.74, 6) is 5.93. The lowest BCUT2D eigenvalue weighted by Crippen LogP contribution is -2.54. The highest BCUT2D eigenvalue weighted by Gasteiger charge is 2.58. The smallest absolute Gasteiger partial charge is 0.330 e. The van der Waals surface area contributed by atoms with Crippen LogP contribution in [0.1, 0.15) is 181 Å². The lowest BCUT2D eigenvalue weighted by molar-refractivity contribution is -0.151. The van der Waals surface area contributed by atoms with Gasteiger partial charge >= 0.3 is 35.8 Å². The standard InChI is InChI=1S/4C13H18O2.2C10H16.C4H6O2.C3H4O2/c2*1-5-12(14)15-11-7-9-6-10(8(11)2)13(9,3)4;2*1-4-12(14)15-8-9-5-6-10-7-11(9)13(10,2)3;2*1-7-4-5-8-6-9(7)10(8,2)3;1-3(2)4(5)6;1-2-3(4)5/h2*5,9-11H,1-2,6-7H2,3-4H3;2*4-5,10-11H,1,6-8H2,2-3H3;2*4,8-9H,5-6H2,1-3H3;1H2,2H3,(H,5,6);2H,1H2,(H,4,5)/t2*9?,10?,11-;;;;;;/m00....../s1. The second-order valence-electron chi connectivity index (χ2n) is 31.4. The van der Waals surface area contributed by atoms with E-state index in [9.17, 15) is 28.8 Å². The molecule has 10 fully saturated rings. The molecule has 0 radical (unpaired) electrons. The van der Waals surface area contributed by atoms with E-state index in [-0.39, 0.29) is 41.7 Å². The van der Waals surface area contributed by atoms with E-state index < -0.39 is 11.9 Å². The third kappa shape index (κ3) is 16.9. The predicted molar refractivity (Wildman–Crippen MR) is 365 cm³/mol. The molecule has 12 nitrogen and oxygen atoms in total. The Hall–Kier alpha value is -6.30. The molecule has 12 heteroatoms. The second kappa shape index (κ2) is 30.2. The fraction of sp³-hybridized carbons (Fsp3) is 0.620. The summed E-state index contributed by atoms with van der Waals surface area (Å²) in [6.45, 7) is 62.9. The molecule has 12 unspecified atom stereocenters. The first-order valence-electron chi connectivity index (χ1n) is 33.3. The van der Waals surface area contributed by atoms with Crippen LogP contribution < -0.4 is 0 Å². The highest BCUT2D eigenvalue weighted by Crippen LogP contribution is 2.64. The molecule has 2 N–H and O–H groups in total. The second-order valence-corrected chi connectivity index (χ2v) is 31.4. The number of carbonyl (C=O) groups excluding carboxylic acids is 4. The minimum absolute atomic E-state index is 0.0766. The zero-order valence-corrected chi connectivity index (χ0v) is 58.3. The molecule has 0 saturated heterocycles. The van der Waals surface area contributed by atoms with Gasteiger partial charge in [0, 0.05) is 36.0 Å². The number of carboxylic acids is 2. The summed E-state index contributed by atoms with van der Waals surface area (Å²) in [5, 5.41) is 15.5. The van der Waals surface area contributed by atoms with Gasteiger partial charge in [-0.25, -0.2) is 28.8 Å². The van der Waals surface area contributed by atoms with Gasteiger partial charge in [0.25, 0.3) is 0 Å². The van der Waals surface area contributed by atoms with Crippen LogP contribution in [0.15, 0.2) is 146 Å². The van der Waals surface area contributed by atoms with Crippen molar-refractivity contribution in [2.75, 3.05) is 13.2 Å². The van der Waals surface area contributed by atoms with Crippen LogP contribution in [0.5, 0.6) is 0 Å². The summed E-state index contributed by atoms with van der Waals surface area (Å²) >= 11 is 0. The van der Waals surface area contributed by atoms with Crippen molar-refractivity contribution < 1.29 is 57.9 Å². The van der Waals surface area contributed by atoms with Crippen molar-refractivity contribution in [1.82, 2.24) is 0 Å². The Morgan fingerprint density at radius 2 is 0.681 bits per heavy atom. The summed E-state index contributed by atoms with van der Waals surface area (Å²) in [6, 6.07) is 0. The van der Waals surface area contributed by atoms with Gasteiger partial charge in [-0.1, -0.05) is 171 Å². The molecule has 14 atom stereocenters. The largest absolute Gasteiger partial charge is 0.478 e. The maximum Gasteiger partial charge on any atom is 0.330 e. The van der Waals surface area contributed by atoms with Crippen molar-refractivity contribution in [2.24, 2.45) is 104 Å². The fourth-order valence-electron chi connectivity index (χ4n) is 17.0. The van der Waals surface area contributed by atoms with Crippen molar-refractivity contribution in [3.05, 3.63) is 146 Å². The van der Waals surface area contributed by atoms with Crippen molar-refractivity contribution in [1.29, 1.82) is 0 Å². The van der Waals surface area contributed by atoms with Gasteiger partial charge in [-0.2, -0.15) is 0 Å². The van der Waals surface area contributed by atoms with Gasteiger partial charge in [-0.05, 0) is 224 Å². The van der Waals surface area contributed by atoms with Crippen LogP contribution in [0.25, 0.3) is 0 Å². The molecule has 91 heavy (non-hydrogen) atoms. The minimum atomic E-state index is -0.981. The third-order valence-electron chi connectivity index (χ3n) is 24.8. The summed E-state index contributed by atoms with van der Waals surface area (Å²) in [6.07, 6.45) is 29.7. The van der Waals surface area contributed by atoms with E-state index in [2.05, 4.69) is 174 Å². The molecule has 0 aromatic rings. The maximum atomic E-state index is 11.1. The predicted octanol–water partition coefficient (Wildman–Crippen LogP) is 17.7. The fourth-order valence-corrected chi connectivity index (χ4v) is 17.0. The molecule has 502 valence electrons. The molecule has 10 saturated carbocycles. The first-order chi connectivity index (χ1) is 42.2. The molecule has 0 heterocycles. The number of carboxylic acid groups (broad SMARTS) is 2. The van der Waals surface area contributed by atoms with Gasteiger partial charge in [0.2, 0.25) is 0 Å². The van der Waals surface area contributed by atoms with Gasteiger partial charge in [0.05, 0.1) is 0 Å². The Kier molecular flexibility index (Phi) is 25.0. The highest BCUT2D eigenvalue weighted by molar-refractivity contribution is 5.85. The average molecular weight is 1260 g/mol. The Labute approximate surface area is 547 Å². The zero-order valence-electron chi connectivity index (χ0n) is 58.3. The van der Waals surface area contributed by atoms with Crippen LogP contribution >= 0.6 is 0 Å². The zero-order chi connectivity index (χ0) is 68.7. The first kappa shape index (κ1) is 75.4. The van der Waals surface area contributed by atoms with Crippen LogP contribution in [-0.2, 0) is 47.7 Å². The summed E-state index contributed by atoms with van der Waals surface area (Å²) in [4.78, 5) is 63.0. The van der Waals surface area contributed by atoms with Crippen LogP contribution in [0, 0.1) is 104 Å². The van der Waals surface area contributed by atoms with E-state index in [1.54, 1.807) is 11.1 Å². The van der Waals surface area contributed by atoms with Crippen LogP contribution in [0.4, 0.5) is 0 Å². The normalized spacial score (nSPS) is 32.5. The van der Waals surface area contributed by atoms with E-state index in [1.165, 1.54) is 93.7 Å². The van der Waals surface area contributed by atoms with Crippen molar-refractivity contribution in [3.8, 4) is 0 Å². The van der Waals surface area contributed by atoms with Gasteiger partial charge in [-0.15, -0.1) is 0 Å². The molecule has 0 amide bonds. The minimum Gasteiger partial charge on any atom is -0.478 e. The number of ether oxygens (including phenoxy) is 4. The molecular weight excluding hydrogens is 1140 g/mol. The Morgan fingerprint density at radius 1 is 0.429 bits per heavy atom. The number of allylic oxidation sites excluding steroid dienone is 6. The lowest BCUT2D eigenvalue weighted by atomic mass is 9.47. The third-order valence-corrected chi connectivity index (χ3v) is 24.8. The molecule has 18 rings (SSSR count). The highest BCUT2D eigenvalue weighted by atomic mass is 16.6. The average Bonchev–Trinajstić information content (AvgIpc) is 0.840. The summed E-state index contributed by atoms with van der Waals surface area (Å²) in [7, 11) is 0. The Morgan fingerprint density at radius 3 is 0.868 bits per heavy atom. The van der Waals surface area contributed by atoms with Crippen molar-refractivity contribution >= 4 is 35.8 Å². The van der Waals surface area contributed by atoms with E-state index >= 15 is 0 Å². The number of rotatable bonds is 12. The molecule has 0 aromatic carbocycles. The molecule has 0 aromatic heterocycles. The van der Waals surface area contributed by atoms with Crippen molar-refractivity contribution in [3.63, 3.8) is 0 Å². The number of fused-ring (bicyclic) bond motifs is 8. The van der Waals surface area contributed by atoms with Gasteiger partial charge in [0.1, 0.15) is 25.4 Å². The van der Waals surface area contributed by atoms with E-state index in [4.69, 9.17) is 29.2 Å². The van der Waals surface area contributed by atoms with E-state index in [0.717, 1.165) is 78.4 Å². The lowest BCUT2D eigenvalue weighted by Gasteiger charge is -2.59. The molecule has 0 spiro atoms. The topological polar surface area (TPSA) is 180 Å². The molecule has 18 aliphatic carbocycles.